The van der Waals surface area contributed by atoms with Crippen LogP contribution in [0.5, 0.6) is 46.0 Å². The minimum atomic E-state index is 0.0567. The van der Waals surface area contributed by atoms with E-state index in [1.807, 2.05) is 48.5 Å². The molecule has 0 fully saturated rings. The molecule has 8 nitrogen and oxygen atoms in total. The summed E-state index contributed by atoms with van der Waals surface area (Å²) in [4.78, 5) is 0. The standard InChI is InChI=1S/C34H38O8/c1-37-29-13-9-21(15-33(29)41-5)7-11-23-17-27(35)31(39-3)19-25(23)26-20-32(40-4)28(36)18-24(26)12-8-22-10-14-30(38-2)34(16-22)42-6/h9-10,13-20,35-36H,7-8,11-12H2,1-6H3. The van der Waals surface area contributed by atoms with Gasteiger partial charge in [-0.15, -0.1) is 0 Å². The summed E-state index contributed by atoms with van der Waals surface area (Å²) in [5, 5.41) is 21.4. The van der Waals surface area contributed by atoms with Gasteiger partial charge in [-0.1, -0.05) is 12.1 Å². The largest absolute Gasteiger partial charge is 0.504 e. The van der Waals surface area contributed by atoms with Crippen LogP contribution in [0.1, 0.15) is 22.3 Å². The van der Waals surface area contributed by atoms with E-state index < -0.39 is 0 Å². The Kier molecular flexibility index (Phi) is 9.91. The minimum absolute atomic E-state index is 0.0567. The van der Waals surface area contributed by atoms with E-state index in [4.69, 9.17) is 28.4 Å². The van der Waals surface area contributed by atoms with Crippen LogP contribution in [0.4, 0.5) is 0 Å². The van der Waals surface area contributed by atoms with Crippen LogP contribution in [0.15, 0.2) is 60.7 Å². The molecular formula is C34H38O8. The summed E-state index contributed by atoms with van der Waals surface area (Å²) in [7, 11) is 9.50. The molecule has 222 valence electrons. The van der Waals surface area contributed by atoms with Gasteiger partial charge in [0.1, 0.15) is 0 Å². The van der Waals surface area contributed by atoms with E-state index in [2.05, 4.69) is 0 Å². The highest BCUT2D eigenvalue weighted by Gasteiger charge is 2.18. The lowest BCUT2D eigenvalue weighted by Gasteiger charge is -2.19. The molecule has 0 heterocycles. The van der Waals surface area contributed by atoms with Crippen LogP contribution in [0.25, 0.3) is 11.1 Å². The molecule has 0 saturated heterocycles. The summed E-state index contributed by atoms with van der Waals surface area (Å²) in [5.41, 5.74) is 5.72. The number of hydrogen-bond donors (Lipinski definition) is 2. The number of phenolic OH excluding ortho intramolecular Hbond substituents is 2. The van der Waals surface area contributed by atoms with Gasteiger partial charge in [0.25, 0.3) is 0 Å². The molecule has 4 aromatic rings. The molecule has 4 aromatic carbocycles. The molecule has 2 N–H and O–H groups in total. The smallest absolute Gasteiger partial charge is 0.161 e. The number of hydrogen-bond acceptors (Lipinski definition) is 8. The average molecular weight is 575 g/mol. The van der Waals surface area contributed by atoms with Gasteiger partial charge in [0.2, 0.25) is 0 Å². The predicted molar refractivity (Wildman–Crippen MR) is 162 cm³/mol. The van der Waals surface area contributed by atoms with Crippen LogP contribution in [0.3, 0.4) is 0 Å². The molecule has 0 aliphatic carbocycles. The van der Waals surface area contributed by atoms with E-state index in [0.717, 1.165) is 33.4 Å². The van der Waals surface area contributed by atoms with E-state index in [-0.39, 0.29) is 11.5 Å². The topological polar surface area (TPSA) is 95.8 Å². The van der Waals surface area contributed by atoms with Gasteiger partial charge in [0.05, 0.1) is 42.7 Å². The molecule has 0 spiro atoms. The second-order valence-corrected chi connectivity index (χ2v) is 9.74. The zero-order chi connectivity index (χ0) is 30.2. The Labute approximate surface area is 247 Å². The lowest BCUT2D eigenvalue weighted by molar-refractivity contribution is 0.354. The quantitative estimate of drug-likeness (QED) is 0.190. The molecule has 42 heavy (non-hydrogen) atoms. The maximum Gasteiger partial charge on any atom is 0.161 e. The van der Waals surface area contributed by atoms with Crippen molar-refractivity contribution in [1.82, 2.24) is 0 Å². The van der Waals surface area contributed by atoms with Gasteiger partial charge in [0.15, 0.2) is 46.0 Å². The number of benzene rings is 4. The maximum atomic E-state index is 10.7. The minimum Gasteiger partial charge on any atom is -0.504 e. The fraction of sp³-hybridized carbons (Fsp3) is 0.294. The van der Waals surface area contributed by atoms with Crippen molar-refractivity contribution in [2.75, 3.05) is 42.7 Å². The third-order valence-electron chi connectivity index (χ3n) is 7.36. The second kappa shape index (κ2) is 13.8. The van der Waals surface area contributed by atoms with Gasteiger partial charge in [0, 0.05) is 0 Å². The van der Waals surface area contributed by atoms with Crippen molar-refractivity contribution < 1.29 is 38.6 Å². The first-order valence-corrected chi connectivity index (χ1v) is 13.6. The molecule has 4 rings (SSSR count). The van der Waals surface area contributed by atoms with E-state index >= 15 is 0 Å². The summed E-state index contributed by atoms with van der Waals surface area (Å²) in [6, 6.07) is 18.9. The van der Waals surface area contributed by atoms with Crippen LogP contribution in [0.2, 0.25) is 0 Å². The summed E-state index contributed by atoms with van der Waals surface area (Å²) in [5.74, 6) is 3.48. The summed E-state index contributed by atoms with van der Waals surface area (Å²) >= 11 is 0. The highest BCUT2D eigenvalue weighted by atomic mass is 16.5. The molecule has 0 radical (unpaired) electrons. The number of aromatic hydroxyl groups is 2. The lowest BCUT2D eigenvalue weighted by Crippen LogP contribution is -2.01. The maximum absolute atomic E-state index is 10.7. The third kappa shape index (κ3) is 6.60. The van der Waals surface area contributed by atoms with Crippen molar-refractivity contribution in [3.63, 3.8) is 0 Å². The van der Waals surface area contributed by atoms with Crippen LogP contribution in [0, 0.1) is 0 Å². The molecular weight excluding hydrogens is 536 g/mol. The number of ether oxygens (including phenoxy) is 6. The third-order valence-corrected chi connectivity index (χ3v) is 7.36. The van der Waals surface area contributed by atoms with Gasteiger partial charge in [-0.25, -0.2) is 0 Å². The lowest BCUT2D eigenvalue weighted by atomic mass is 9.89. The van der Waals surface area contributed by atoms with Crippen LogP contribution in [-0.2, 0) is 25.7 Å². The zero-order valence-electron chi connectivity index (χ0n) is 24.9. The molecule has 0 aromatic heterocycles. The first-order chi connectivity index (χ1) is 20.3. The Bertz CT molecular complexity index is 1410. The SMILES string of the molecule is COc1cc(-c2cc(OC)c(O)cc2CCc2ccc(OC)c(OC)c2)c(CCc2ccc(OC)c(OC)c2)cc1O. The van der Waals surface area contributed by atoms with Gasteiger partial charge < -0.3 is 38.6 Å². The monoisotopic (exact) mass is 574 g/mol. The van der Waals surface area contributed by atoms with Crippen molar-refractivity contribution in [1.29, 1.82) is 0 Å². The molecule has 0 aliphatic rings. The normalized spacial score (nSPS) is 10.7. The number of methoxy groups -OCH3 is 6. The fourth-order valence-electron chi connectivity index (χ4n) is 5.10. The van der Waals surface area contributed by atoms with Crippen molar-refractivity contribution in [2.45, 2.75) is 25.7 Å². The van der Waals surface area contributed by atoms with Crippen molar-refractivity contribution in [3.05, 3.63) is 82.9 Å². The van der Waals surface area contributed by atoms with Gasteiger partial charge >= 0.3 is 0 Å². The van der Waals surface area contributed by atoms with E-state index in [1.165, 1.54) is 14.2 Å². The molecule has 0 saturated carbocycles. The summed E-state index contributed by atoms with van der Waals surface area (Å²) < 4.78 is 32.7. The van der Waals surface area contributed by atoms with Crippen molar-refractivity contribution in [3.8, 4) is 57.1 Å². The average Bonchev–Trinajstić information content (AvgIpc) is 3.02. The van der Waals surface area contributed by atoms with Gasteiger partial charge in [-0.2, -0.15) is 0 Å². The van der Waals surface area contributed by atoms with Crippen molar-refractivity contribution >= 4 is 0 Å². The highest BCUT2D eigenvalue weighted by Crippen LogP contribution is 2.42. The molecule has 0 bridgehead atoms. The Morgan fingerprint density at radius 3 is 1.10 bits per heavy atom. The van der Waals surface area contributed by atoms with Crippen LogP contribution in [-0.4, -0.2) is 52.9 Å². The molecule has 8 heteroatoms. The van der Waals surface area contributed by atoms with E-state index in [1.54, 1.807) is 40.6 Å². The Morgan fingerprint density at radius 2 is 0.762 bits per heavy atom. The first kappa shape index (κ1) is 30.2. The Balaban J connectivity index is 1.74. The van der Waals surface area contributed by atoms with E-state index in [0.29, 0.717) is 60.2 Å². The number of rotatable bonds is 13. The van der Waals surface area contributed by atoms with Gasteiger partial charge in [-0.05, 0) is 108 Å². The van der Waals surface area contributed by atoms with E-state index in [9.17, 15) is 10.2 Å². The predicted octanol–water partition coefficient (Wildman–Crippen LogP) is 6.39. The molecule has 0 aliphatic heterocycles. The van der Waals surface area contributed by atoms with Crippen LogP contribution >= 0.6 is 0 Å². The summed E-state index contributed by atoms with van der Waals surface area (Å²) in [6.45, 7) is 0. The Hall–Kier alpha value is -4.72. The molecule has 0 atom stereocenters. The van der Waals surface area contributed by atoms with Crippen LogP contribution < -0.4 is 28.4 Å². The van der Waals surface area contributed by atoms with Crippen molar-refractivity contribution in [2.24, 2.45) is 0 Å². The Morgan fingerprint density at radius 1 is 0.405 bits per heavy atom. The highest BCUT2D eigenvalue weighted by molar-refractivity contribution is 5.76. The number of phenols is 2. The summed E-state index contributed by atoms with van der Waals surface area (Å²) in [6.07, 6.45) is 2.63. The van der Waals surface area contributed by atoms with Gasteiger partial charge in [-0.3, -0.25) is 0 Å². The second-order valence-electron chi connectivity index (χ2n) is 9.74. The zero-order valence-corrected chi connectivity index (χ0v) is 24.9. The molecule has 0 unspecified atom stereocenters. The molecule has 0 amide bonds. The number of aryl methyl sites for hydroxylation is 4. The first-order valence-electron chi connectivity index (χ1n) is 13.6. The fourth-order valence-corrected chi connectivity index (χ4v) is 5.10.